The summed E-state index contributed by atoms with van der Waals surface area (Å²) < 4.78 is 26.5. The molecule has 66 valence electrons. The number of hydrogen-bond acceptors (Lipinski definition) is 0. The normalized spacial score (nSPS) is 17.3. The van der Waals surface area contributed by atoms with Crippen molar-refractivity contribution in [2.45, 2.75) is 12.8 Å². The molecule has 0 saturated carbocycles. The molecule has 3 heteroatoms. The molecular weight excluding hydrogens is 206 g/mol. The fraction of sp³-hybridized carbons (Fsp3) is 0.200. The van der Waals surface area contributed by atoms with E-state index in [1.165, 1.54) is 19.1 Å². The third-order valence-corrected chi connectivity index (χ3v) is 2.17. The van der Waals surface area contributed by atoms with Crippen LogP contribution in [0.4, 0.5) is 8.78 Å². The van der Waals surface area contributed by atoms with Gasteiger partial charge in [-0.2, -0.15) is 8.78 Å². The summed E-state index contributed by atoms with van der Waals surface area (Å²) in [6, 6.07) is 6.59. The quantitative estimate of drug-likeness (QED) is 0.581. The maximum atomic E-state index is 13.3. The maximum absolute atomic E-state index is 13.3. The third kappa shape index (κ3) is 1.49. The van der Waals surface area contributed by atoms with Gasteiger partial charge in [-0.05, 0) is 18.6 Å². The molecule has 0 nitrogen and oxygen atoms in total. The zero-order valence-corrected chi connectivity index (χ0v) is 8.70. The summed E-state index contributed by atoms with van der Waals surface area (Å²) in [5.41, 5.74) is 0.895. The van der Waals surface area contributed by atoms with E-state index in [1.54, 1.807) is 18.2 Å². The number of hydrogen-bond donors (Lipinski definition) is 0. The van der Waals surface area contributed by atoms with Crippen LogP contribution >= 0.6 is 0 Å². The fourth-order valence-corrected chi connectivity index (χ4v) is 1.45. The van der Waals surface area contributed by atoms with Gasteiger partial charge in [0.1, 0.15) is 0 Å². The molecule has 0 heterocycles. The van der Waals surface area contributed by atoms with Crippen LogP contribution in [0.3, 0.4) is 0 Å². The predicted octanol–water partition coefficient (Wildman–Crippen LogP) is 3.19. The Morgan fingerprint density at radius 2 is 1.77 bits per heavy atom. The van der Waals surface area contributed by atoms with Gasteiger partial charge in [-0.15, -0.1) is 0 Å². The fourth-order valence-electron chi connectivity index (χ4n) is 1.45. The first-order chi connectivity index (χ1) is 5.62. The molecule has 0 radical (unpaired) electrons. The molecule has 13 heavy (non-hydrogen) atoms. The molecule has 0 saturated heterocycles. The molecule has 0 aliphatic heterocycles. The first kappa shape index (κ1) is 10.6. The van der Waals surface area contributed by atoms with Crippen molar-refractivity contribution < 1.29 is 30.5 Å². The Morgan fingerprint density at radius 3 is 2.38 bits per heavy atom. The van der Waals surface area contributed by atoms with Crippen LogP contribution in [0.2, 0.25) is 0 Å². The molecule has 2 rings (SSSR count). The number of fused-ring (bicyclic) bond motifs is 1. The molecule has 0 bridgehead atoms. The smallest absolute Gasteiger partial charge is 0.196 e. The second kappa shape index (κ2) is 3.35. The number of rotatable bonds is 0. The van der Waals surface area contributed by atoms with E-state index in [-0.39, 0.29) is 32.9 Å². The standard InChI is InChI=1S/C10H8F2.Ti/c1-7-6-8-4-2-3-5-9(8)10(7,11)12;/h2-6H,1H3;. The zero-order chi connectivity index (χ0) is 8.77. The molecule has 0 amide bonds. The first-order valence-corrected chi connectivity index (χ1v) is 3.78. The molecule has 0 spiro atoms. The monoisotopic (exact) mass is 214 g/mol. The van der Waals surface area contributed by atoms with Crippen LogP contribution in [0, 0.1) is 0 Å². The van der Waals surface area contributed by atoms with Crippen molar-refractivity contribution in [2.75, 3.05) is 0 Å². The minimum Gasteiger partial charge on any atom is -0.196 e. The molecule has 0 aromatic heterocycles. The van der Waals surface area contributed by atoms with Crippen LogP contribution in [0.1, 0.15) is 18.1 Å². The van der Waals surface area contributed by atoms with Crippen LogP contribution < -0.4 is 0 Å². The number of benzene rings is 1. The van der Waals surface area contributed by atoms with E-state index in [4.69, 9.17) is 0 Å². The third-order valence-electron chi connectivity index (χ3n) is 2.17. The summed E-state index contributed by atoms with van der Waals surface area (Å²) in [6.45, 7) is 1.46. The van der Waals surface area contributed by atoms with Gasteiger partial charge in [0.2, 0.25) is 0 Å². The van der Waals surface area contributed by atoms with Gasteiger partial charge in [0.15, 0.2) is 0 Å². The van der Waals surface area contributed by atoms with Gasteiger partial charge in [-0.25, -0.2) is 0 Å². The molecule has 1 aromatic carbocycles. The average molecular weight is 214 g/mol. The number of halogens is 2. The van der Waals surface area contributed by atoms with Crippen LogP contribution in [0.15, 0.2) is 29.8 Å². The summed E-state index contributed by atoms with van der Waals surface area (Å²) >= 11 is 0. The van der Waals surface area contributed by atoms with Crippen LogP contribution in [0.5, 0.6) is 0 Å². The van der Waals surface area contributed by atoms with Crippen molar-refractivity contribution in [3.8, 4) is 0 Å². The molecule has 1 aliphatic rings. The summed E-state index contributed by atoms with van der Waals surface area (Å²) in [5.74, 6) is -2.75. The van der Waals surface area contributed by atoms with E-state index < -0.39 is 5.92 Å². The van der Waals surface area contributed by atoms with Gasteiger partial charge in [0, 0.05) is 32.9 Å². The number of alkyl halides is 2. The van der Waals surface area contributed by atoms with Crippen molar-refractivity contribution in [1.29, 1.82) is 0 Å². The maximum Gasteiger partial charge on any atom is 0.295 e. The van der Waals surface area contributed by atoms with Crippen molar-refractivity contribution in [2.24, 2.45) is 0 Å². The van der Waals surface area contributed by atoms with Gasteiger partial charge in [0.05, 0.1) is 0 Å². The Bertz CT molecular complexity index is 356. The van der Waals surface area contributed by atoms with Gasteiger partial charge < -0.3 is 0 Å². The van der Waals surface area contributed by atoms with E-state index in [0.29, 0.717) is 5.56 Å². The Kier molecular flexibility index (Phi) is 2.74. The largest absolute Gasteiger partial charge is 0.295 e. The van der Waals surface area contributed by atoms with Crippen molar-refractivity contribution in [1.82, 2.24) is 0 Å². The van der Waals surface area contributed by atoms with E-state index in [9.17, 15) is 8.78 Å². The predicted molar refractivity (Wildman–Crippen MR) is 44.0 cm³/mol. The molecule has 0 fully saturated rings. The Labute approximate surface area is 90.5 Å². The Balaban J connectivity index is 0.000000845. The zero-order valence-electron chi connectivity index (χ0n) is 7.14. The van der Waals surface area contributed by atoms with Gasteiger partial charge in [-0.3, -0.25) is 0 Å². The SMILES string of the molecule is CC1=Cc2ccccc2C1(F)F.[Ti]. The summed E-state index contributed by atoms with van der Waals surface area (Å²) in [6.07, 6.45) is 1.54. The summed E-state index contributed by atoms with van der Waals surface area (Å²) in [5, 5.41) is 0. The van der Waals surface area contributed by atoms with Crippen molar-refractivity contribution in [3.63, 3.8) is 0 Å². The molecule has 1 aromatic rings. The van der Waals surface area contributed by atoms with Crippen molar-refractivity contribution in [3.05, 3.63) is 41.0 Å². The second-order valence-corrected chi connectivity index (χ2v) is 2.99. The van der Waals surface area contributed by atoms with E-state index in [2.05, 4.69) is 0 Å². The first-order valence-electron chi connectivity index (χ1n) is 3.78. The van der Waals surface area contributed by atoms with Crippen LogP contribution in [-0.2, 0) is 27.6 Å². The van der Waals surface area contributed by atoms with E-state index in [1.807, 2.05) is 0 Å². The van der Waals surface area contributed by atoms with Gasteiger partial charge in [-0.1, -0.05) is 24.3 Å². The average Bonchev–Trinajstić information content (AvgIpc) is 2.25. The second-order valence-electron chi connectivity index (χ2n) is 2.99. The molecule has 1 aliphatic carbocycles. The minimum atomic E-state index is -2.75. The van der Waals surface area contributed by atoms with E-state index >= 15 is 0 Å². The molecule has 0 N–H and O–H groups in total. The topological polar surface area (TPSA) is 0 Å². The van der Waals surface area contributed by atoms with Gasteiger partial charge >= 0.3 is 0 Å². The Morgan fingerprint density at radius 1 is 1.15 bits per heavy atom. The van der Waals surface area contributed by atoms with E-state index in [0.717, 1.165) is 0 Å². The number of allylic oxidation sites excluding steroid dienone is 1. The van der Waals surface area contributed by atoms with Crippen LogP contribution in [-0.4, -0.2) is 0 Å². The van der Waals surface area contributed by atoms with Crippen LogP contribution in [0.25, 0.3) is 6.08 Å². The summed E-state index contributed by atoms with van der Waals surface area (Å²) in [4.78, 5) is 0. The minimum absolute atomic E-state index is 0. The Hall–Kier alpha value is -0.466. The molecule has 0 unspecified atom stereocenters. The van der Waals surface area contributed by atoms with Crippen molar-refractivity contribution >= 4 is 6.08 Å². The van der Waals surface area contributed by atoms with Gasteiger partial charge in [0.25, 0.3) is 5.92 Å². The summed E-state index contributed by atoms with van der Waals surface area (Å²) in [7, 11) is 0. The molecule has 0 atom stereocenters. The molecular formula is C10H8F2Ti.